The third kappa shape index (κ3) is 3.63. The van der Waals surface area contributed by atoms with E-state index in [1.54, 1.807) is 18.9 Å². The van der Waals surface area contributed by atoms with Crippen LogP contribution in [0.2, 0.25) is 0 Å². The van der Waals surface area contributed by atoms with E-state index in [1.165, 1.54) is 0 Å². The number of methoxy groups -OCH3 is 1. The number of benzene rings is 2. The van der Waals surface area contributed by atoms with Gasteiger partial charge in [0, 0.05) is 39.2 Å². The Morgan fingerprint density at radius 1 is 1.02 bits per heavy atom. The maximum Gasteiger partial charge on any atom is 0.189 e. The topological polar surface area (TPSA) is 95.4 Å². The van der Waals surface area contributed by atoms with Crippen LogP contribution in [-0.4, -0.2) is 50.5 Å². The number of aromatic amines is 1. The van der Waals surface area contributed by atoms with Crippen LogP contribution in [-0.2, 0) is 0 Å². The number of thioether (sulfide) groups is 1. The highest BCUT2D eigenvalue weighted by Crippen LogP contribution is 2.78. The molecule has 0 radical (unpaired) electrons. The summed E-state index contributed by atoms with van der Waals surface area (Å²) in [5.41, 5.74) is 1.37. The molecule has 3 fully saturated rings. The summed E-state index contributed by atoms with van der Waals surface area (Å²) in [5, 5.41) is 24.3. The number of carbonyl (C=O) groups is 1. The van der Waals surface area contributed by atoms with Gasteiger partial charge in [-0.1, -0.05) is 74.2 Å². The third-order valence-corrected chi connectivity index (χ3v) is 14.2. The zero-order valence-electron chi connectivity index (χ0n) is 25.8. The summed E-state index contributed by atoms with van der Waals surface area (Å²) in [6, 6.07) is 15.5. The van der Waals surface area contributed by atoms with E-state index in [9.17, 15) is 15.0 Å². The molecule has 0 aliphatic heterocycles. The maximum atomic E-state index is 14.5. The lowest BCUT2D eigenvalue weighted by molar-refractivity contribution is -0.166. The second-order valence-corrected chi connectivity index (χ2v) is 15.7. The van der Waals surface area contributed by atoms with Gasteiger partial charge in [-0.05, 0) is 74.3 Å². The minimum absolute atomic E-state index is 0.0342. The summed E-state index contributed by atoms with van der Waals surface area (Å²) >= 11 is 1.59. The highest BCUT2D eigenvalue weighted by molar-refractivity contribution is 7.99. The van der Waals surface area contributed by atoms with Gasteiger partial charge >= 0.3 is 0 Å². The zero-order chi connectivity index (χ0) is 30.5. The second kappa shape index (κ2) is 9.57. The quantitative estimate of drug-likeness (QED) is 0.156. The number of hydrogen-bond donors (Lipinski definition) is 3. The van der Waals surface area contributed by atoms with Gasteiger partial charge in [0.15, 0.2) is 10.9 Å². The Balaban J connectivity index is 1.18. The molecule has 3 aromatic rings. The number of hydrogen-bond acceptors (Lipinski definition) is 6. The van der Waals surface area contributed by atoms with E-state index in [4.69, 9.17) is 9.72 Å². The van der Waals surface area contributed by atoms with Gasteiger partial charge in [-0.25, -0.2) is 4.98 Å². The van der Waals surface area contributed by atoms with Gasteiger partial charge in [0.25, 0.3) is 0 Å². The fourth-order valence-electron chi connectivity index (χ4n) is 10.7. The molecule has 8 atom stereocenters. The van der Waals surface area contributed by atoms with E-state index in [0.29, 0.717) is 24.5 Å². The lowest BCUT2D eigenvalue weighted by atomic mass is 9.32. The van der Waals surface area contributed by atoms with Gasteiger partial charge in [0.1, 0.15) is 5.75 Å². The molecule has 0 saturated heterocycles. The number of allylic oxidation sites excluding steroid dienone is 4. The Kier molecular flexibility index (Phi) is 6.22. The monoisotopic (exact) mass is 610 g/mol. The number of rotatable bonds is 6. The van der Waals surface area contributed by atoms with Crippen LogP contribution < -0.4 is 4.74 Å². The molecule has 0 amide bonds. The van der Waals surface area contributed by atoms with Crippen molar-refractivity contribution >= 4 is 28.6 Å². The maximum absolute atomic E-state index is 14.5. The van der Waals surface area contributed by atoms with Gasteiger partial charge in [-0.15, -0.1) is 0 Å². The number of imidazole rings is 1. The Hall–Kier alpha value is -2.87. The Morgan fingerprint density at radius 2 is 1.77 bits per heavy atom. The SMILES string of the molecule is COc1ccc2nc(SCC3(O)CCC4C56C=CC7(C=C5C(=O)c5ccccc5)CC(O)CCC7(C)C6CCC43C)[nH]c2c1. The first kappa shape index (κ1) is 28.6. The molecule has 6 aliphatic rings. The first-order valence-electron chi connectivity index (χ1n) is 16.2. The minimum atomic E-state index is -0.900. The molecule has 6 nitrogen and oxygen atoms in total. The summed E-state index contributed by atoms with van der Waals surface area (Å²) in [6.07, 6.45) is 12.6. The number of nitrogens with one attached hydrogen (secondary N) is 1. The predicted molar refractivity (Wildman–Crippen MR) is 173 cm³/mol. The van der Waals surface area contributed by atoms with Crippen LogP contribution >= 0.6 is 11.8 Å². The Bertz CT molecular complexity index is 1720. The normalized spacial score (nSPS) is 40.3. The summed E-state index contributed by atoms with van der Waals surface area (Å²) in [6.45, 7) is 4.72. The number of H-pyrrole nitrogens is 1. The number of fused-ring (bicyclic) bond motifs is 2. The number of aromatic nitrogens is 2. The molecular formula is C37H42N2O4S. The van der Waals surface area contributed by atoms with Crippen LogP contribution in [0.4, 0.5) is 0 Å². The molecule has 2 aromatic carbocycles. The second-order valence-electron chi connectivity index (χ2n) is 14.7. The smallest absolute Gasteiger partial charge is 0.189 e. The Labute approximate surface area is 263 Å². The lowest BCUT2D eigenvalue weighted by Crippen LogP contribution is -2.67. The van der Waals surface area contributed by atoms with Crippen LogP contribution in [0, 0.1) is 33.5 Å². The summed E-state index contributed by atoms with van der Waals surface area (Å²) in [5.74, 6) is 1.86. The van der Waals surface area contributed by atoms with Crippen molar-refractivity contribution in [2.24, 2.45) is 33.5 Å². The fraction of sp³-hybridized carbons (Fsp3) is 0.514. The molecule has 230 valence electrons. The highest BCUT2D eigenvalue weighted by Gasteiger charge is 2.74. The van der Waals surface area contributed by atoms with E-state index in [0.717, 1.165) is 65.2 Å². The summed E-state index contributed by atoms with van der Waals surface area (Å²) < 4.78 is 5.39. The highest BCUT2D eigenvalue weighted by atomic mass is 32.2. The van der Waals surface area contributed by atoms with Crippen LogP contribution in [0.5, 0.6) is 5.75 Å². The molecular weight excluding hydrogens is 568 g/mol. The average Bonchev–Trinajstić information content (AvgIpc) is 3.57. The van der Waals surface area contributed by atoms with Crippen molar-refractivity contribution in [3.8, 4) is 5.75 Å². The number of aliphatic hydroxyl groups is 2. The van der Waals surface area contributed by atoms with Crippen molar-refractivity contribution in [3.05, 3.63) is 77.9 Å². The molecule has 2 spiro atoms. The number of ether oxygens (including phenoxy) is 1. The van der Waals surface area contributed by atoms with Gasteiger partial charge < -0.3 is 19.9 Å². The molecule has 1 aromatic heterocycles. The molecule has 2 bridgehead atoms. The summed E-state index contributed by atoms with van der Waals surface area (Å²) in [7, 11) is 1.66. The first-order valence-corrected chi connectivity index (χ1v) is 17.2. The van der Waals surface area contributed by atoms with Crippen molar-refractivity contribution in [3.63, 3.8) is 0 Å². The number of aliphatic hydroxyl groups excluding tert-OH is 1. The molecule has 9 rings (SSSR count). The fourth-order valence-corrected chi connectivity index (χ4v) is 11.9. The molecule has 3 saturated carbocycles. The van der Waals surface area contributed by atoms with Crippen molar-refractivity contribution < 1.29 is 19.7 Å². The first-order chi connectivity index (χ1) is 21.1. The van der Waals surface area contributed by atoms with E-state index in [2.05, 4.69) is 37.1 Å². The van der Waals surface area contributed by atoms with Gasteiger partial charge in [0.05, 0.1) is 29.8 Å². The molecule has 8 unspecified atom stereocenters. The molecule has 6 aliphatic carbocycles. The standard InChI is InChI=1S/C37H42N2O4S/c1-33-14-11-24(40)20-35(33)17-18-37(26(21-35)31(41)23-7-5-4-6-8-23)29(33)12-15-34(2)30(37)13-16-36(34,42)22-44-32-38-27-10-9-25(43-3)19-28(27)39-32/h4-10,17-19,21,24,29-30,40,42H,11-16,20,22H2,1-3H3,(H,38,39). The predicted octanol–water partition coefficient (Wildman–Crippen LogP) is 7.14. The molecule has 44 heavy (non-hydrogen) atoms. The number of carbonyl (C=O) groups excluding carboxylic acids is 1. The van der Waals surface area contributed by atoms with Crippen LogP contribution in [0.3, 0.4) is 0 Å². The van der Waals surface area contributed by atoms with Crippen molar-refractivity contribution in [2.45, 2.75) is 75.7 Å². The van der Waals surface area contributed by atoms with E-state index >= 15 is 0 Å². The Morgan fingerprint density at radius 3 is 2.57 bits per heavy atom. The van der Waals surface area contributed by atoms with Crippen LogP contribution in [0.15, 0.2) is 77.5 Å². The van der Waals surface area contributed by atoms with Gasteiger partial charge in [0.2, 0.25) is 0 Å². The largest absolute Gasteiger partial charge is 0.497 e. The number of nitrogens with zero attached hydrogens (tertiary/aromatic N) is 1. The van der Waals surface area contributed by atoms with Crippen LogP contribution in [0.25, 0.3) is 11.0 Å². The zero-order valence-corrected chi connectivity index (χ0v) is 26.6. The van der Waals surface area contributed by atoms with Crippen molar-refractivity contribution in [2.75, 3.05) is 12.9 Å². The van der Waals surface area contributed by atoms with E-state index in [-0.39, 0.29) is 34.1 Å². The van der Waals surface area contributed by atoms with E-state index < -0.39 is 11.0 Å². The van der Waals surface area contributed by atoms with Crippen molar-refractivity contribution in [1.29, 1.82) is 0 Å². The number of ketones is 1. The molecule has 1 heterocycles. The summed E-state index contributed by atoms with van der Waals surface area (Å²) in [4.78, 5) is 22.8. The lowest BCUT2D eigenvalue weighted by Gasteiger charge is -2.71. The number of Topliss-reactive ketones (excluding diaryl/α,β-unsaturated/α-hetero) is 1. The molecule has 7 heteroatoms. The minimum Gasteiger partial charge on any atom is -0.497 e. The van der Waals surface area contributed by atoms with Gasteiger partial charge in [-0.2, -0.15) is 0 Å². The van der Waals surface area contributed by atoms with Crippen molar-refractivity contribution in [1.82, 2.24) is 9.97 Å². The average molecular weight is 611 g/mol. The van der Waals surface area contributed by atoms with E-state index in [1.807, 2.05) is 48.5 Å². The van der Waals surface area contributed by atoms with Gasteiger partial charge in [-0.3, -0.25) is 4.79 Å². The van der Waals surface area contributed by atoms with Crippen LogP contribution in [0.1, 0.15) is 69.2 Å². The third-order valence-electron chi connectivity index (χ3n) is 13.1. The molecule has 3 N–H and O–H groups in total.